The molecule has 0 N–H and O–H groups in total. The predicted molar refractivity (Wildman–Crippen MR) is 38.7 cm³/mol. The monoisotopic (exact) mass is 383 g/mol. The topological polar surface area (TPSA) is 0 Å². The van der Waals surface area contributed by atoms with Crippen LogP contribution in [0.5, 0.6) is 0 Å². The average Bonchev–Trinajstić information content (AvgIpc) is 1.91. The van der Waals surface area contributed by atoms with Crippen molar-refractivity contribution in [2.45, 2.75) is 6.92 Å². The van der Waals surface area contributed by atoms with Crippen molar-refractivity contribution in [1.82, 2.24) is 0 Å². The Balaban J connectivity index is -0.000000270. The normalized spacial score (nSPS) is 7.75. The van der Waals surface area contributed by atoms with Crippen molar-refractivity contribution >= 4 is 6.08 Å². The second-order valence-electron chi connectivity index (χ2n) is 1.75. The summed E-state index contributed by atoms with van der Waals surface area (Å²) in [5.41, 5.74) is 1.08. The molecule has 0 aliphatic carbocycles. The van der Waals surface area contributed by atoms with Gasteiger partial charge in [-0.05, 0) is 0 Å². The van der Waals surface area contributed by atoms with Crippen LogP contribution in [0, 0.1) is 12.1 Å². The zero-order valence-electron chi connectivity index (χ0n) is 7.12. The maximum atomic E-state index is 3.05. The minimum atomic E-state index is 0. The number of benzene rings is 1. The molecular weight excluding hydrogens is 375 g/mol. The summed E-state index contributed by atoms with van der Waals surface area (Å²) < 4.78 is 0. The first-order valence-electron chi connectivity index (χ1n) is 2.90. The smallest absolute Gasteiger partial charge is 0 e. The molecule has 3 heteroatoms. The molecule has 55 valence electrons. The fourth-order valence-corrected chi connectivity index (χ4v) is 0.653. The number of hydrogen-bond acceptors (Lipinski definition) is 0. The van der Waals surface area contributed by atoms with Crippen molar-refractivity contribution in [3.63, 3.8) is 0 Å². The van der Waals surface area contributed by atoms with Crippen molar-refractivity contribution in [2.24, 2.45) is 0 Å². The molecule has 0 heterocycles. The maximum Gasteiger partial charge on any atom is 0 e. The molecule has 1 rings (SSSR count). The van der Waals surface area contributed by atoms with Gasteiger partial charge < -0.3 is 17.7 Å². The first-order chi connectivity index (χ1) is 4.43. The summed E-state index contributed by atoms with van der Waals surface area (Å²) in [5, 5.41) is 0. The van der Waals surface area contributed by atoms with Crippen LogP contribution in [0.25, 0.3) is 6.08 Å². The van der Waals surface area contributed by atoms with Crippen LogP contribution in [0.15, 0.2) is 24.3 Å². The molecule has 0 aromatic heterocycles. The fraction of sp³-hybridized carbons (Fsp3) is 0.111. The first kappa shape index (κ1) is 19.8. The Kier molecular flexibility index (Phi) is 21.9. The van der Waals surface area contributed by atoms with Gasteiger partial charge in [-0.1, -0.05) is 0 Å². The molecule has 3 radical (unpaired) electrons. The van der Waals surface area contributed by atoms with Gasteiger partial charge >= 0.3 is 0 Å². The summed E-state index contributed by atoms with van der Waals surface area (Å²) in [5.74, 6) is 0. The van der Waals surface area contributed by atoms with E-state index in [1.165, 1.54) is 0 Å². The van der Waals surface area contributed by atoms with E-state index in [1.54, 1.807) is 0 Å². The third-order valence-electron chi connectivity index (χ3n) is 1.03. The van der Waals surface area contributed by atoms with Crippen molar-refractivity contribution < 1.29 is 98.1 Å². The van der Waals surface area contributed by atoms with Gasteiger partial charge in [0.05, 0.1) is 0 Å². The van der Waals surface area contributed by atoms with Crippen LogP contribution in [-0.4, -0.2) is 0 Å². The molecule has 0 unspecified atom stereocenters. The van der Waals surface area contributed by atoms with E-state index >= 15 is 0 Å². The zero-order valence-corrected chi connectivity index (χ0v) is 15.6. The molecule has 1 aromatic carbocycles. The summed E-state index contributed by atoms with van der Waals surface area (Å²) in [4.78, 5) is 0. The molecule has 0 saturated carbocycles. The van der Waals surface area contributed by atoms with Crippen LogP contribution in [0.4, 0.5) is 0 Å². The van der Waals surface area contributed by atoms with Crippen LogP contribution in [-0.2, 0) is 98.1 Å². The predicted octanol–water partition coefficient (Wildman–Crippen LogP) is 2.32. The molecule has 0 amide bonds. The Bertz CT molecular complexity index is 194. The summed E-state index contributed by atoms with van der Waals surface area (Å²) in [6.45, 7) is 1.88. The molecule has 0 saturated heterocycles. The van der Waals surface area contributed by atoms with E-state index < -0.39 is 0 Å². The van der Waals surface area contributed by atoms with Crippen molar-refractivity contribution in [1.29, 1.82) is 0 Å². The molecule has 0 bridgehead atoms. The summed E-state index contributed by atoms with van der Waals surface area (Å²) in [6.07, 6.45) is 4.83. The average molecular weight is 383 g/mol. The van der Waals surface area contributed by atoms with Crippen LogP contribution in [0.3, 0.4) is 0 Å². The minimum Gasteiger partial charge on any atom is -0.330 e. The maximum absolute atomic E-state index is 3.05. The van der Waals surface area contributed by atoms with Gasteiger partial charge in [0.15, 0.2) is 0 Å². The van der Waals surface area contributed by atoms with E-state index in [0.717, 1.165) is 5.56 Å². The van der Waals surface area contributed by atoms with E-state index in [2.05, 4.69) is 12.1 Å². The zero-order chi connectivity index (χ0) is 6.53. The van der Waals surface area contributed by atoms with Crippen LogP contribution in [0.2, 0.25) is 0 Å². The van der Waals surface area contributed by atoms with Crippen LogP contribution < -0.4 is 0 Å². The second kappa shape index (κ2) is 13.3. The molecule has 1 aromatic rings. The van der Waals surface area contributed by atoms with Gasteiger partial charge in [-0.15, -0.1) is 13.0 Å². The van der Waals surface area contributed by atoms with Gasteiger partial charge in [0.25, 0.3) is 0 Å². The molecule has 0 spiro atoms. The Morgan fingerprint density at radius 2 is 1.92 bits per heavy atom. The molecule has 0 nitrogen and oxygen atoms in total. The van der Waals surface area contributed by atoms with Crippen LogP contribution in [0.1, 0.15) is 12.5 Å². The standard InChI is InChI=1S/C9H8.3Y/c1-2-6-9-7-4-3-5-8-9;;;/h3-7H,1H3;;;/q-2;;;. The number of hydrogen-bond donors (Lipinski definition) is 0. The largest absolute Gasteiger partial charge is 0.330 e. The minimum absolute atomic E-state index is 0. The van der Waals surface area contributed by atoms with E-state index in [9.17, 15) is 0 Å². The van der Waals surface area contributed by atoms with Gasteiger partial charge in [-0.3, -0.25) is 0 Å². The molecular formula is C9H8Y3-2. The number of rotatable bonds is 1. The summed E-state index contributed by atoms with van der Waals surface area (Å²) >= 11 is 0. The number of allylic oxidation sites excluding steroid dienone is 1. The molecule has 0 atom stereocenters. The fourth-order valence-electron chi connectivity index (χ4n) is 0.653. The Hall–Kier alpha value is 2.27. The SMILES string of the molecule is C[C-]=Cc1[c-]cccc1.[Y].[Y].[Y]. The quantitative estimate of drug-likeness (QED) is 0.654. The van der Waals surface area contributed by atoms with Gasteiger partial charge in [0.1, 0.15) is 0 Å². The van der Waals surface area contributed by atoms with Gasteiger partial charge in [0.2, 0.25) is 0 Å². The van der Waals surface area contributed by atoms with Gasteiger partial charge in [-0.2, -0.15) is 12.1 Å². The summed E-state index contributed by atoms with van der Waals surface area (Å²) in [6, 6.07) is 10.9. The molecule has 0 fully saturated rings. The second-order valence-corrected chi connectivity index (χ2v) is 1.75. The van der Waals surface area contributed by atoms with E-state index in [-0.39, 0.29) is 98.1 Å². The van der Waals surface area contributed by atoms with Crippen molar-refractivity contribution in [3.8, 4) is 0 Å². The summed E-state index contributed by atoms with van der Waals surface area (Å²) in [7, 11) is 0. The van der Waals surface area contributed by atoms with Crippen molar-refractivity contribution in [2.75, 3.05) is 0 Å². The van der Waals surface area contributed by atoms with Gasteiger partial charge in [0, 0.05) is 98.1 Å². The Morgan fingerprint density at radius 3 is 2.33 bits per heavy atom. The Morgan fingerprint density at radius 1 is 1.25 bits per heavy atom. The first-order valence-corrected chi connectivity index (χ1v) is 2.90. The van der Waals surface area contributed by atoms with Gasteiger partial charge in [-0.25, -0.2) is 12.1 Å². The molecule has 0 aliphatic rings. The molecule has 12 heavy (non-hydrogen) atoms. The van der Waals surface area contributed by atoms with E-state index in [1.807, 2.05) is 37.3 Å². The van der Waals surface area contributed by atoms with E-state index in [4.69, 9.17) is 0 Å². The molecule has 0 aliphatic heterocycles. The third kappa shape index (κ3) is 8.85. The Labute approximate surface area is 150 Å². The third-order valence-corrected chi connectivity index (χ3v) is 1.03. The van der Waals surface area contributed by atoms with Crippen LogP contribution >= 0.6 is 0 Å². The van der Waals surface area contributed by atoms with E-state index in [0.29, 0.717) is 0 Å². The van der Waals surface area contributed by atoms with Crippen molar-refractivity contribution in [3.05, 3.63) is 42.0 Å².